The van der Waals surface area contributed by atoms with E-state index in [4.69, 9.17) is 9.84 Å². The molecule has 5 rings (SSSR count). The van der Waals surface area contributed by atoms with Gasteiger partial charge < -0.3 is 15.3 Å². The number of anilines is 1. The number of aryl methyl sites for hydroxylation is 1. The monoisotopic (exact) mass is 503 g/mol. The van der Waals surface area contributed by atoms with Gasteiger partial charge in [-0.1, -0.05) is 49.4 Å². The molecule has 4 aromatic rings. The number of carbonyl (C=O) groups is 1. The van der Waals surface area contributed by atoms with E-state index in [1.807, 2.05) is 43.3 Å². The lowest BCUT2D eigenvalue weighted by Gasteiger charge is -2.18. The number of fused-ring (bicyclic) bond motifs is 1. The number of rotatable bonds is 8. The van der Waals surface area contributed by atoms with Crippen molar-refractivity contribution in [3.05, 3.63) is 125 Å². The Labute approximate surface area is 222 Å². The van der Waals surface area contributed by atoms with E-state index in [1.54, 1.807) is 12.3 Å². The zero-order valence-electron chi connectivity index (χ0n) is 21.4. The number of nitrogens with zero attached hydrogens (tertiary/aromatic N) is 1. The number of hydrazine groups is 1. The van der Waals surface area contributed by atoms with Crippen LogP contribution in [0.2, 0.25) is 0 Å². The SMILES string of the molecule is CC/C(=C(/c1ccc(/C=C/C(=O)O)cc1)c1ccc2c(c1)CNN2)c1cccc(Oc2ccc(C)nc2)c1. The van der Waals surface area contributed by atoms with Crippen LogP contribution in [0.5, 0.6) is 11.5 Å². The minimum atomic E-state index is -0.966. The molecule has 0 unspecified atom stereocenters. The van der Waals surface area contributed by atoms with E-state index in [0.29, 0.717) is 5.75 Å². The van der Waals surface area contributed by atoms with E-state index in [2.05, 4.69) is 65.2 Å². The topological polar surface area (TPSA) is 83.5 Å². The number of ether oxygens (including phenoxy) is 1. The Balaban J connectivity index is 1.60. The molecule has 1 aromatic heterocycles. The zero-order valence-corrected chi connectivity index (χ0v) is 21.4. The van der Waals surface area contributed by atoms with Gasteiger partial charge in [-0.15, -0.1) is 0 Å². The standard InChI is InChI=1S/C32H29N3O3/c1-3-29(24-5-4-6-27(18-24)38-28-14-7-21(2)33-20-28)32(25-13-15-30-26(17-25)19-34-35-30)23-11-8-22(9-12-23)10-16-31(36)37/h4-18,20,34-35H,3,19H2,1-2H3,(H,36,37)/b16-10+,32-29+. The molecule has 2 heterocycles. The van der Waals surface area contributed by atoms with Gasteiger partial charge in [-0.3, -0.25) is 4.98 Å². The normalized spacial score (nSPS) is 13.1. The Hall–Kier alpha value is -4.68. The van der Waals surface area contributed by atoms with Crippen molar-refractivity contribution in [2.45, 2.75) is 26.8 Å². The largest absolute Gasteiger partial charge is 0.478 e. The average molecular weight is 504 g/mol. The highest BCUT2D eigenvalue weighted by Gasteiger charge is 2.17. The molecule has 0 amide bonds. The molecule has 0 atom stereocenters. The first-order valence-corrected chi connectivity index (χ1v) is 12.6. The predicted molar refractivity (Wildman–Crippen MR) is 152 cm³/mol. The summed E-state index contributed by atoms with van der Waals surface area (Å²) < 4.78 is 6.13. The van der Waals surface area contributed by atoms with Gasteiger partial charge in [0.2, 0.25) is 0 Å². The molecular weight excluding hydrogens is 474 g/mol. The highest BCUT2D eigenvalue weighted by Crippen LogP contribution is 2.37. The fourth-order valence-corrected chi connectivity index (χ4v) is 4.62. The number of hydrogen-bond acceptors (Lipinski definition) is 5. The first kappa shape index (κ1) is 25.0. The van der Waals surface area contributed by atoms with Gasteiger partial charge in [0.25, 0.3) is 0 Å². The summed E-state index contributed by atoms with van der Waals surface area (Å²) in [4.78, 5) is 15.3. The van der Waals surface area contributed by atoms with Crippen LogP contribution in [0.25, 0.3) is 17.2 Å². The van der Waals surface area contributed by atoms with E-state index in [0.717, 1.165) is 64.0 Å². The average Bonchev–Trinajstić information content (AvgIpc) is 3.40. The molecule has 3 N–H and O–H groups in total. The van der Waals surface area contributed by atoms with E-state index >= 15 is 0 Å². The Morgan fingerprint density at radius 3 is 2.53 bits per heavy atom. The van der Waals surface area contributed by atoms with Gasteiger partial charge in [-0.05, 0) is 94.8 Å². The Bertz CT molecular complexity index is 1520. The fourth-order valence-electron chi connectivity index (χ4n) is 4.62. The fraction of sp³-hybridized carbons (Fsp3) is 0.125. The van der Waals surface area contributed by atoms with Crippen LogP contribution in [0.15, 0.2) is 91.1 Å². The predicted octanol–water partition coefficient (Wildman–Crippen LogP) is 7.08. The smallest absolute Gasteiger partial charge is 0.328 e. The van der Waals surface area contributed by atoms with Crippen molar-refractivity contribution in [3.63, 3.8) is 0 Å². The van der Waals surface area contributed by atoms with Crippen molar-refractivity contribution in [1.82, 2.24) is 10.4 Å². The molecule has 1 aliphatic rings. The number of benzene rings is 3. The summed E-state index contributed by atoms with van der Waals surface area (Å²) in [5, 5.41) is 8.98. The summed E-state index contributed by atoms with van der Waals surface area (Å²) in [6, 6.07) is 26.5. The molecule has 1 aliphatic heterocycles. The van der Waals surface area contributed by atoms with Crippen LogP contribution in [-0.2, 0) is 11.3 Å². The summed E-state index contributed by atoms with van der Waals surface area (Å²) in [5.41, 5.74) is 16.0. The van der Waals surface area contributed by atoms with Gasteiger partial charge in [-0.2, -0.15) is 0 Å². The Morgan fingerprint density at radius 1 is 0.974 bits per heavy atom. The lowest BCUT2D eigenvalue weighted by Crippen LogP contribution is -2.10. The maximum Gasteiger partial charge on any atom is 0.328 e. The van der Waals surface area contributed by atoms with Gasteiger partial charge in [0.1, 0.15) is 11.5 Å². The zero-order chi connectivity index (χ0) is 26.5. The molecule has 6 heteroatoms. The van der Waals surface area contributed by atoms with Crippen LogP contribution >= 0.6 is 0 Å². The van der Waals surface area contributed by atoms with Crippen molar-refractivity contribution in [2.75, 3.05) is 5.43 Å². The quantitative estimate of drug-likeness (QED) is 0.176. The first-order chi connectivity index (χ1) is 18.5. The van der Waals surface area contributed by atoms with Crippen molar-refractivity contribution < 1.29 is 14.6 Å². The second-order valence-corrected chi connectivity index (χ2v) is 9.12. The molecule has 0 aliphatic carbocycles. The minimum absolute atomic E-state index is 0.693. The molecular formula is C32H29N3O3. The lowest BCUT2D eigenvalue weighted by molar-refractivity contribution is -0.131. The van der Waals surface area contributed by atoms with Crippen molar-refractivity contribution >= 4 is 28.9 Å². The number of aliphatic carboxylic acids is 1. The van der Waals surface area contributed by atoms with Crippen LogP contribution < -0.4 is 15.6 Å². The summed E-state index contributed by atoms with van der Waals surface area (Å²) in [7, 11) is 0. The van der Waals surface area contributed by atoms with E-state index in [1.165, 1.54) is 11.1 Å². The first-order valence-electron chi connectivity index (χ1n) is 12.6. The van der Waals surface area contributed by atoms with Crippen molar-refractivity contribution in [3.8, 4) is 11.5 Å². The van der Waals surface area contributed by atoms with Gasteiger partial charge in [-0.25, -0.2) is 10.2 Å². The molecule has 0 radical (unpaired) electrons. The number of allylic oxidation sites excluding steroid dienone is 1. The second kappa shape index (κ2) is 11.2. The lowest BCUT2D eigenvalue weighted by atomic mass is 9.87. The van der Waals surface area contributed by atoms with Crippen LogP contribution in [0.1, 0.15) is 46.9 Å². The van der Waals surface area contributed by atoms with Crippen molar-refractivity contribution in [1.29, 1.82) is 0 Å². The third-order valence-corrected chi connectivity index (χ3v) is 6.47. The number of nitrogens with one attached hydrogen (secondary N) is 2. The number of pyridine rings is 1. The van der Waals surface area contributed by atoms with Gasteiger partial charge in [0, 0.05) is 18.3 Å². The van der Waals surface area contributed by atoms with E-state index in [-0.39, 0.29) is 0 Å². The third-order valence-electron chi connectivity index (χ3n) is 6.47. The maximum atomic E-state index is 11.0. The highest BCUT2D eigenvalue weighted by atomic mass is 16.5. The number of hydrogen-bond donors (Lipinski definition) is 3. The van der Waals surface area contributed by atoms with E-state index in [9.17, 15) is 4.79 Å². The third kappa shape index (κ3) is 5.66. The molecule has 0 bridgehead atoms. The Kier molecular flexibility index (Phi) is 7.33. The molecule has 38 heavy (non-hydrogen) atoms. The number of aromatic nitrogens is 1. The van der Waals surface area contributed by atoms with Crippen LogP contribution in [0, 0.1) is 6.92 Å². The molecule has 0 saturated carbocycles. The van der Waals surface area contributed by atoms with E-state index < -0.39 is 5.97 Å². The summed E-state index contributed by atoms with van der Waals surface area (Å²) in [5.74, 6) is 0.473. The molecule has 6 nitrogen and oxygen atoms in total. The van der Waals surface area contributed by atoms with Gasteiger partial charge in [0.05, 0.1) is 11.9 Å². The molecule has 0 fully saturated rings. The van der Waals surface area contributed by atoms with Crippen LogP contribution in [0.3, 0.4) is 0 Å². The second-order valence-electron chi connectivity index (χ2n) is 9.12. The molecule has 0 spiro atoms. The summed E-state index contributed by atoms with van der Waals surface area (Å²) in [6.07, 6.45) is 5.29. The Morgan fingerprint density at radius 2 is 1.79 bits per heavy atom. The highest BCUT2D eigenvalue weighted by molar-refractivity contribution is 5.99. The van der Waals surface area contributed by atoms with Crippen LogP contribution in [0.4, 0.5) is 5.69 Å². The van der Waals surface area contributed by atoms with Crippen molar-refractivity contribution in [2.24, 2.45) is 0 Å². The van der Waals surface area contributed by atoms with Gasteiger partial charge in [0.15, 0.2) is 0 Å². The maximum absolute atomic E-state index is 11.0. The molecule has 3 aromatic carbocycles. The van der Waals surface area contributed by atoms with Crippen LogP contribution in [-0.4, -0.2) is 16.1 Å². The minimum Gasteiger partial charge on any atom is -0.478 e. The molecule has 190 valence electrons. The van der Waals surface area contributed by atoms with Gasteiger partial charge >= 0.3 is 5.97 Å². The number of carboxylic acids is 1. The summed E-state index contributed by atoms with van der Waals surface area (Å²) in [6.45, 7) is 4.86. The molecule has 0 saturated heterocycles. The number of carboxylic acid groups (broad SMARTS) is 1. The summed E-state index contributed by atoms with van der Waals surface area (Å²) >= 11 is 0.